The number of aryl methyl sites for hydroxylation is 3. The summed E-state index contributed by atoms with van der Waals surface area (Å²) in [5.74, 6) is 0. The zero-order valence-corrected chi connectivity index (χ0v) is 11.2. The Kier molecular flexibility index (Phi) is 5.23. The molecule has 0 aliphatic carbocycles. The van der Waals surface area contributed by atoms with E-state index in [0.29, 0.717) is 0 Å². The molecule has 0 saturated heterocycles. The molecule has 0 bridgehead atoms. The maximum Gasteiger partial charge on any atom is 0.0921 e. The summed E-state index contributed by atoms with van der Waals surface area (Å²) in [6, 6.07) is 6.51. The van der Waals surface area contributed by atoms with Gasteiger partial charge in [0.2, 0.25) is 0 Å². The van der Waals surface area contributed by atoms with Crippen molar-refractivity contribution in [1.29, 1.82) is 0 Å². The van der Waals surface area contributed by atoms with Crippen molar-refractivity contribution < 1.29 is 0 Å². The Morgan fingerprint density at radius 1 is 1.12 bits per heavy atom. The number of imidazole rings is 1. The molecule has 0 amide bonds. The summed E-state index contributed by atoms with van der Waals surface area (Å²) in [7, 11) is 0. The zero-order chi connectivity index (χ0) is 11.4. The van der Waals surface area contributed by atoms with Crippen LogP contribution in [0.4, 0.5) is 0 Å². The standard InChI is InChI=1S/C14H18N2.ClH/c1-11-5-3-6-12(2)14(11)8-4-7-13-9-15-10-16-13;/h3,5-6,9-10H,4,7-8H2,1-2H3,(H,15,16);1H. The monoisotopic (exact) mass is 250 g/mol. The Balaban J connectivity index is 0.00000144. The van der Waals surface area contributed by atoms with Gasteiger partial charge in [-0.05, 0) is 49.8 Å². The highest BCUT2D eigenvalue weighted by molar-refractivity contribution is 5.85. The van der Waals surface area contributed by atoms with Gasteiger partial charge in [0.1, 0.15) is 0 Å². The van der Waals surface area contributed by atoms with E-state index in [1.165, 1.54) is 28.8 Å². The smallest absolute Gasteiger partial charge is 0.0921 e. The van der Waals surface area contributed by atoms with E-state index in [9.17, 15) is 0 Å². The Morgan fingerprint density at radius 2 is 1.82 bits per heavy atom. The van der Waals surface area contributed by atoms with Gasteiger partial charge in [-0.15, -0.1) is 12.4 Å². The Bertz CT molecular complexity index is 429. The molecule has 0 unspecified atom stereocenters. The second-order valence-electron chi connectivity index (χ2n) is 4.30. The maximum absolute atomic E-state index is 4.03. The molecule has 1 heterocycles. The number of aromatic nitrogens is 2. The first kappa shape index (κ1) is 13.8. The van der Waals surface area contributed by atoms with E-state index in [-0.39, 0.29) is 12.4 Å². The highest BCUT2D eigenvalue weighted by Gasteiger charge is 2.02. The van der Waals surface area contributed by atoms with Crippen LogP contribution in [-0.2, 0) is 12.8 Å². The van der Waals surface area contributed by atoms with Crippen LogP contribution >= 0.6 is 12.4 Å². The molecular weight excluding hydrogens is 232 g/mol. The predicted octanol–water partition coefficient (Wildman–Crippen LogP) is 3.62. The molecule has 1 aromatic carbocycles. The van der Waals surface area contributed by atoms with E-state index in [1.54, 1.807) is 6.33 Å². The molecule has 0 radical (unpaired) electrons. The Hall–Kier alpha value is -1.28. The zero-order valence-electron chi connectivity index (χ0n) is 10.4. The number of hydrogen-bond donors (Lipinski definition) is 1. The lowest BCUT2D eigenvalue weighted by atomic mass is 9.97. The minimum absolute atomic E-state index is 0. The Morgan fingerprint density at radius 3 is 2.41 bits per heavy atom. The molecule has 0 fully saturated rings. The van der Waals surface area contributed by atoms with Crippen LogP contribution in [0, 0.1) is 13.8 Å². The van der Waals surface area contributed by atoms with Crippen molar-refractivity contribution in [2.45, 2.75) is 33.1 Å². The molecule has 0 aliphatic heterocycles. The van der Waals surface area contributed by atoms with Crippen molar-refractivity contribution in [3.05, 3.63) is 53.1 Å². The first-order chi connectivity index (χ1) is 7.77. The van der Waals surface area contributed by atoms with Gasteiger partial charge in [-0.1, -0.05) is 18.2 Å². The van der Waals surface area contributed by atoms with Crippen LogP contribution in [0.25, 0.3) is 0 Å². The maximum atomic E-state index is 4.03. The minimum Gasteiger partial charge on any atom is -0.348 e. The summed E-state index contributed by atoms with van der Waals surface area (Å²) in [4.78, 5) is 7.17. The van der Waals surface area contributed by atoms with Gasteiger partial charge in [-0.25, -0.2) is 4.98 Å². The van der Waals surface area contributed by atoms with Gasteiger partial charge in [0.25, 0.3) is 0 Å². The van der Waals surface area contributed by atoms with Gasteiger partial charge in [0.15, 0.2) is 0 Å². The molecule has 2 rings (SSSR count). The van der Waals surface area contributed by atoms with Crippen LogP contribution in [0.2, 0.25) is 0 Å². The predicted molar refractivity (Wildman–Crippen MR) is 73.8 cm³/mol. The van der Waals surface area contributed by atoms with Gasteiger partial charge in [-0.2, -0.15) is 0 Å². The summed E-state index contributed by atoms with van der Waals surface area (Å²) in [5, 5.41) is 0. The number of aromatic amines is 1. The first-order valence-corrected chi connectivity index (χ1v) is 5.79. The SMILES string of the molecule is Cc1cccc(C)c1CCCc1cnc[nH]1.Cl. The Labute approximate surface area is 109 Å². The third kappa shape index (κ3) is 3.60. The van der Waals surface area contributed by atoms with Gasteiger partial charge >= 0.3 is 0 Å². The third-order valence-electron chi connectivity index (χ3n) is 3.07. The molecular formula is C14H19ClN2. The molecule has 1 aromatic heterocycles. The van der Waals surface area contributed by atoms with Crippen LogP contribution in [0.3, 0.4) is 0 Å². The fourth-order valence-electron chi connectivity index (χ4n) is 2.12. The number of hydrogen-bond acceptors (Lipinski definition) is 1. The second-order valence-corrected chi connectivity index (χ2v) is 4.30. The van der Waals surface area contributed by atoms with Crippen molar-refractivity contribution >= 4 is 12.4 Å². The van der Waals surface area contributed by atoms with Gasteiger partial charge in [0, 0.05) is 11.9 Å². The number of benzene rings is 1. The van der Waals surface area contributed by atoms with Crippen molar-refractivity contribution in [2.24, 2.45) is 0 Å². The van der Waals surface area contributed by atoms with Crippen molar-refractivity contribution in [3.63, 3.8) is 0 Å². The number of nitrogens with zero attached hydrogens (tertiary/aromatic N) is 1. The average Bonchev–Trinajstić information content (AvgIpc) is 2.75. The largest absolute Gasteiger partial charge is 0.348 e. The van der Waals surface area contributed by atoms with Crippen molar-refractivity contribution in [1.82, 2.24) is 9.97 Å². The summed E-state index contributed by atoms with van der Waals surface area (Å²) in [6.45, 7) is 4.39. The number of nitrogens with one attached hydrogen (secondary N) is 1. The van der Waals surface area contributed by atoms with Gasteiger partial charge < -0.3 is 4.98 Å². The van der Waals surface area contributed by atoms with Crippen LogP contribution in [0.5, 0.6) is 0 Å². The number of rotatable bonds is 4. The van der Waals surface area contributed by atoms with Crippen LogP contribution < -0.4 is 0 Å². The summed E-state index contributed by atoms with van der Waals surface area (Å²) in [5.41, 5.74) is 5.54. The molecule has 17 heavy (non-hydrogen) atoms. The van der Waals surface area contributed by atoms with E-state index >= 15 is 0 Å². The van der Waals surface area contributed by atoms with Gasteiger partial charge in [0.05, 0.1) is 6.33 Å². The van der Waals surface area contributed by atoms with Crippen LogP contribution in [0.15, 0.2) is 30.7 Å². The van der Waals surface area contributed by atoms with Crippen LogP contribution in [-0.4, -0.2) is 9.97 Å². The highest BCUT2D eigenvalue weighted by atomic mass is 35.5. The van der Waals surface area contributed by atoms with E-state index in [0.717, 1.165) is 12.8 Å². The van der Waals surface area contributed by atoms with Crippen molar-refractivity contribution in [2.75, 3.05) is 0 Å². The van der Waals surface area contributed by atoms with E-state index in [2.05, 4.69) is 42.0 Å². The minimum atomic E-state index is 0. The number of halogens is 1. The molecule has 92 valence electrons. The third-order valence-corrected chi connectivity index (χ3v) is 3.07. The molecule has 0 spiro atoms. The second kappa shape index (κ2) is 6.45. The van der Waals surface area contributed by atoms with Crippen LogP contribution in [0.1, 0.15) is 28.8 Å². The molecule has 0 atom stereocenters. The number of H-pyrrole nitrogens is 1. The molecule has 2 nitrogen and oxygen atoms in total. The van der Waals surface area contributed by atoms with Crippen molar-refractivity contribution in [3.8, 4) is 0 Å². The summed E-state index contributed by atoms with van der Waals surface area (Å²) >= 11 is 0. The van der Waals surface area contributed by atoms with E-state index in [1.807, 2.05) is 6.20 Å². The molecule has 3 heteroatoms. The fraction of sp³-hybridized carbons (Fsp3) is 0.357. The highest BCUT2D eigenvalue weighted by Crippen LogP contribution is 2.16. The van der Waals surface area contributed by atoms with Gasteiger partial charge in [-0.3, -0.25) is 0 Å². The first-order valence-electron chi connectivity index (χ1n) is 5.79. The normalized spacial score (nSPS) is 10.0. The lowest BCUT2D eigenvalue weighted by molar-refractivity contribution is 0.796. The quantitative estimate of drug-likeness (QED) is 0.882. The summed E-state index contributed by atoms with van der Waals surface area (Å²) in [6.07, 6.45) is 7.05. The van der Waals surface area contributed by atoms with E-state index in [4.69, 9.17) is 0 Å². The molecule has 0 aliphatic rings. The fourth-order valence-corrected chi connectivity index (χ4v) is 2.12. The average molecular weight is 251 g/mol. The lowest BCUT2D eigenvalue weighted by Crippen LogP contribution is -1.95. The topological polar surface area (TPSA) is 28.7 Å². The summed E-state index contributed by atoms with van der Waals surface area (Å²) < 4.78 is 0. The molecule has 1 N–H and O–H groups in total. The van der Waals surface area contributed by atoms with E-state index < -0.39 is 0 Å². The lowest BCUT2D eigenvalue weighted by Gasteiger charge is -2.08. The molecule has 0 saturated carbocycles. The molecule has 2 aromatic rings.